The Morgan fingerprint density at radius 1 is 1.35 bits per heavy atom. The molecule has 1 fully saturated rings. The van der Waals surface area contributed by atoms with Gasteiger partial charge in [0.2, 0.25) is 0 Å². The highest BCUT2D eigenvalue weighted by molar-refractivity contribution is 5.31. The first kappa shape index (κ1) is 12.4. The minimum Gasteiger partial charge on any atom is -0.497 e. The summed E-state index contributed by atoms with van der Waals surface area (Å²) in [6.45, 7) is 0. The van der Waals surface area contributed by atoms with Crippen LogP contribution in [0.25, 0.3) is 0 Å². The number of hydrogen-bond donors (Lipinski definition) is 1. The highest BCUT2D eigenvalue weighted by Gasteiger charge is 2.27. The van der Waals surface area contributed by atoms with Gasteiger partial charge >= 0.3 is 0 Å². The fraction of sp³-hybridized carbons (Fsp3) is 0.571. The van der Waals surface area contributed by atoms with Gasteiger partial charge in [-0.25, -0.2) is 4.39 Å². The predicted molar refractivity (Wildman–Crippen MR) is 66.7 cm³/mol. The van der Waals surface area contributed by atoms with Crippen molar-refractivity contribution in [1.29, 1.82) is 0 Å². The molecule has 1 saturated carbocycles. The lowest BCUT2D eigenvalue weighted by Gasteiger charge is -2.24. The highest BCUT2D eigenvalue weighted by Crippen LogP contribution is 2.36. The average Bonchev–Trinajstić information content (AvgIpc) is 2.85. The zero-order valence-electron chi connectivity index (χ0n) is 10.5. The van der Waals surface area contributed by atoms with Crippen LogP contribution in [0.15, 0.2) is 18.2 Å². The lowest BCUT2D eigenvalue weighted by Crippen LogP contribution is -2.24. The molecule has 0 aliphatic heterocycles. The second-order valence-corrected chi connectivity index (χ2v) is 4.70. The van der Waals surface area contributed by atoms with E-state index in [1.54, 1.807) is 7.11 Å². The van der Waals surface area contributed by atoms with Gasteiger partial charge in [-0.05, 0) is 31.9 Å². The normalized spacial score (nSPS) is 18.3. The van der Waals surface area contributed by atoms with Gasteiger partial charge in [0.25, 0.3) is 0 Å². The lowest BCUT2D eigenvalue weighted by molar-refractivity contribution is 0.374. The van der Waals surface area contributed by atoms with E-state index in [2.05, 4.69) is 5.32 Å². The van der Waals surface area contributed by atoms with Crippen molar-refractivity contribution >= 4 is 0 Å². The van der Waals surface area contributed by atoms with Gasteiger partial charge in [-0.2, -0.15) is 0 Å². The van der Waals surface area contributed by atoms with E-state index in [1.807, 2.05) is 19.2 Å². The van der Waals surface area contributed by atoms with Gasteiger partial charge in [0.1, 0.15) is 11.6 Å². The molecule has 1 aromatic carbocycles. The van der Waals surface area contributed by atoms with Crippen LogP contribution in [0.3, 0.4) is 0 Å². The second-order valence-electron chi connectivity index (χ2n) is 4.70. The second kappa shape index (κ2) is 5.50. The van der Waals surface area contributed by atoms with Crippen LogP contribution >= 0.6 is 0 Å². The molecule has 0 saturated heterocycles. The van der Waals surface area contributed by atoms with Crippen LogP contribution in [0.1, 0.15) is 37.3 Å². The predicted octanol–water partition coefficient (Wildman–Crippen LogP) is 3.29. The number of methoxy groups -OCH3 is 1. The first-order valence-electron chi connectivity index (χ1n) is 6.27. The largest absolute Gasteiger partial charge is 0.497 e. The standard InChI is InChI=1S/C14H20FNO/c1-16-14(10-5-3-4-6-10)12-8-7-11(17-2)9-13(12)15/h7-10,14,16H,3-6H2,1-2H3. The van der Waals surface area contributed by atoms with Crippen LogP contribution < -0.4 is 10.1 Å². The van der Waals surface area contributed by atoms with Crippen LogP contribution in [0.5, 0.6) is 5.75 Å². The Hall–Kier alpha value is -1.09. The Balaban J connectivity index is 2.23. The van der Waals surface area contributed by atoms with Gasteiger partial charge in [-0.1, -0.05) is 18.9 Å². The van der Waals surface area contributed by atoms with Crippen LogP contribution in [0.4, 0.5) is 4.39 Å². The Kier molecular flexibility index (Phi) is 4.00. The molecule has 2 nitrogen and oxygen atoms in total. The molecule has 1 N–H and O–H groups in total. The van der Waals surface area contributed by atoms with Crippen LogP contribution in [0, 0.1) is 11.7 Å². The van der Waals surface area contributed by atoms with E-state index in [-0.39, 0.29) is 11.9 Å². The van der Waals surface area contributed by atoms with E-state index in [4.69, 9.17) is 4.74 Å². The van der Waals surface area contributed by atoms with Crippen LogP contribution in [-0.2, 0) is 0 Å². The first-order valence-corrected chi connectivity index (χ1v) is 6.27. The van der Waals surface area contributed by atoms with Crippen molar-refractivity contribution in [3.8, 4) is 5.75 Å². The number of benzene rings is 1. The molecule has 1 aromatic rings. The summed E-state index contributed by atoms with van der Waals surface area (Å²) < 4.78 is 19.0. The Labute approximate surface area is 102 Å². The monoisotopic (exact) mass is 237 g/mol. The van der Waals surface area contributed by atoms with Gasteiger partial charge in [0.05, 0.1) is 7.11 Å². The van der Waals surface area contributed by atoms with Gasteiger partial charge in [-0.3, -0.25) is 0 Å². The molecule has 0 spiro atoms. The Morgan fingerprint density at radius 3 is 2.59 bits per heavy atom. The summed E-state index contributed by atoms with van der Waals surface area (Å²) in [4.78, 5) is 0. The summed E-state index contributed by atoms with van der Waals surface area (Å²) in [7, 11) is 3.47. The summed E-state index contributed by atoms with van der Waals surface area (Å²) in [5.74, 6) is 0.964. The number of hydrogen-bond acceptors (Lipinski definition) is 2. The van der Waals surface area contributed by atoms with Gasteiger partial charge in [0.15, 0.2) is 0 Å². The van der Waals surface area contributed by atoms with Crippen molar-refractivity contribution in [2.24, 2.45) is 5.92 Å². The zero-order valence-corrected chi connectivity index (χ0v) is 10.5. The number of rotatable bonds is 4. The fourth-order valence-electron chi connectivity index (χ4n) is 2.82. The van der Waals surface area contributed by atoms with Crippen molar-refractivity contribution in [2.45, 2.75) is 31.7 Å². The van der Waals surface area contributed by atoms with Crippen LogP contribution in [-0.4, -0.2) is 14.2 Å². The Morgan fingerprint density at radius 2 is 2.06 bits per heavy atom. The topological polar surface area (TPSA) is 21.3 Å². The quantitative estimate of drug-likeness (QED) is 0.867. The van der Waals surface area contributed by atoms with Crippen molar-refractivity contribution in [3.63, 3.8) is 0 Å². The summed E-state index contributed by atoms with van der Waals surface area (Å²) in [5.41, 5.74) is 0.764. The summed E-state index contributed by atoms with van der Waals surface area (Å²) in [5, 5.41) is 3.26. The molecular weight excluding hydrogens is 217 g/mol. The maximum absolute atomic E-state index is 14.0. The van der Waals surface area contributed by atoms with Crippen LogP contribution in [0.2, 0.25) is 0 Å². The third-order valence-electron chi connectivity index (χ3n) is 3.72. The van der Waals surface area contributed by atoms with E-state index in [0.29, 0.717) is 11.7 Å². The van der Waals surface area contributed by atoms with E-state index in [9.17, 15) is 4.39 Å². The van der Waals surface area contributed by atoms with Crippen molar-refractivity contribution < 1.29 is 9.13 Å². The molecule has 0 amide bonds. The van der Waals surface area contributed by atoms with Gasteiger partial charge in [0, 0.05) is 17.7 Å². The number of ether oxygens (including phenoxy) is 1. The van der Waals surface area contributed by atoms with Crippen molar-refractivity contribution in [1.82, 2.24) is 5.32 Å². The lowest BCUT2D eigenvalue weighted by atomic mass is 9.91. The summed E-state index contributed by atoms with van der Waals surface area (Å²) in [6.07, 6.45) is 4.91. The number of nitrogens with one attached hydrogen (secondary N) is 1. The molecule has 1 atom stereocenters. The zero-order chi connectivity index (χ0) is 12.3. The third-order valence-corrected chi connectivity index (χ3v) is 3.72. The third kappa shape index (κ3) is 2.60. The van der Waals surface area contributed by atoms with E-state index in [0.717, 1.165) is 5.56 Å². The van der Waals surface area contributed by atoms with Gasteiger partial charge < -0.3 is 10.1 Å². The smallest absolute Gasteiger partial charge is 0.131 e. The molecule has 94 valence electrons. The minimum atomic E-state index is -0.171. The van der Waals surface area contributed by atoms with Gasteiger partial charge in [-0.15, -0.1) is 0 Å². The van der Waals surface area contributed by atoms with E-state index in [1.165, 1.54) is 31.7 Å². The molecule has 2 rings (SSSR count). The fourth-order valence-corrected chi connectivity index (χ4v) is 2.82. The number of halogens is 1. The first-order chi connectivity index (χ1) is 8.26. The van der Waals surface area contributed by atoms with E-state index >= 15 is 0 Å². The molecule has 1 unspecified atom stereocenters. The summed E-state index contributed by atoms with van der Waals surface area (Å²) in [6, 6.07) is 5.27. The maximum atomic E-state index is 14.0. The highest BCUT2D eigenvalue weighted by atomic mass is 19.1. The molecule has 1 aliphatic rings. The SMILES string of the molecule is CNC(c1ccc(OC)cc1F)C1CCCC1. The van der Waals surface area contributed by atoms with Crippen molar-refractivity contribution in [3.05, 3.63) is 29.6 Å². The maximum Gasteiger partial charge on any atom is 0.131 e. The Bertz CT molecular complexity index is 374. The van der Waals surface area contributed by atoms with E-state index < -0.39 is 0 Å². The summed E-state index contributed by atoms with van der Waals surface area (Å²) >= 11 is 0. The molecule has 17 heavy (non-hydrogen) atoms. The molecule has 0 aromatic heterocycles. The molecule has 1 aliphatic carbocycles. The molecule has 0 radical (unpaired) electrons. The molecule has 3 heteroatoms. The molecule has 0 heterocycles. The minimum absolute atomic E-state index is 0.128. The molecule has 0 bridgehead atoms. The average molecular weight is 237 g/mol. The molecular formula is C14H20FNO. The van der Waals surface area contributed by atoms with Crippen molar-refractivity contribution in [2.75, 3.05) is 14.2 Å².